The summed E-state index contributed by atoms with van der Waals surface area (Å²) in [6, 6.07) is 8.26. The molecule has 2 rings (SSSR count). The van der Waals surface area contributed by atoms with Gasteiger partial charge in [-0.2, -0.15) is 0 Å². The van der Waals surface area contributed by atoms with Gasteiger partial charge in [0.25, 0.3) is 0 Å². The maximum Gasteiger partial charge on any atom is 0.347 e. The van der Waals surface area contributed by atoms with Crippen molar-refractivity contribution >= 4 is 17.8 Å². The first-order valence-electron chi connectivity index (χ1n) is 9.41. The molecule has 1 aliphatic rings. The minimum Gasteiger partial charge on any atom is -0.463 e. The van der Waals surface area contributed by atoms with E-state index >= 15 is 0 Å². The van der Waals surface area contributed by atoms with Gasteiger partial charge in [-0.25, -0.2) is 9.59 Å². The zero-order valence-electron chi connectivity index (χ0n) is 15.9. The van der Waals surface area contributed by atoms with Gasteiger partial charge in [-0.3, -0.25) is 4.79 Å². The summed E-state index contributed by atoms with van der Waals surface area (Å²) in [6.45, 7) is 3.96. The Labute approximate surface area is 159 Å². The molecule has 1 heterocycles. The third-order valence-corrected chi connectivity index (χ3v) is 4.54. The number of esters is 2. The Balaban J connectivity index is 2.03. The number of carbonyl (C=O) groups excluding carboxylic acids is 3. The average Bonchev–Trinajstić information content (AvgIpc) is 3.15. The highest BCUT2D eigenvalue weighted by atomic mass is 16.6. The Morgan fingerprint density at radius 1 is 1.26 bits per heavy atom. The topological polar surface area (TPSA) is 98.9 Å². The molecule has 1 amide bonds. The van der Waals surface area contributed by atoms with E-state index in [1.165, 1.54) is 4.90 Å². The molecule has 27 heavy (non-hydrogen) atoms. The first kappa shape index (κ1) is 20.9. The lowest BCUT2D eigenvalue weighted by Gasteiger charge is -2.26. The maximum absolute atomic E-state index is 12.6. The summed E-state index contributed by atoms with van der Waals surface area (Å²) in [5, 5.41) is 0. The Kier molecular flexibility index (Phi) is 7.79. The van der Waals surface area contributed by atoms with E-state index in [2.05, 4.69) is 0 Å². The third kappa shape index (κ3) is 5.79. The molecule has 3 atom stereocenters. The zero-order chi connectivity index (χ0) is 19.8. The first-order valence-corrected chi connectivity index (χ1v) is 9.41. The normalized spacial score (nSPS) is 18.6. The number of nitrogens with two attached hydrogens (primary N) is 1. The molecule has 1 unspecified atom stereocenters. The Morgan fingerprint density at radius 2 is 1.96 bits per heavy atom. The highest BCUT2D eigenvalue weighted by Crippen LogP contribution is 2.21. The molecule has 0 bridgehead atoms. The predicted octanol–water partition coefficient (Wildman–Crippen LogP) is 1.43. The fraction of sp³-hybridized carbons (Fsp3) is 0.550. The minimum absolute atomic E-state index is 0.205. The highest BCUT2D eigenvalue weighted by molar-refractivity contribution is 5.89. The molecule has 7 nitrogen and oxygen atoms in total. The van der Waals surface area contributed by atoms with Gasteiger partial charge in [0.2, 0.25) is 5.91 Å². The number of carbonyl (C=O) groups is 3. The van der Waals surface area contributed by atoms with E-state index in [1.54, 1.807) is 13.8 Å². The number of hydrogen-bond donors (Lipinski definition) is 1. The molecule has 0 spiro atoms. The third-order valence-electron chi connectivity index (χ3n) is 4.54. The number of rotatable bonds is 8. The molecule has 1 aliphatic heterocycles. The number of amides is 1. The second kappa shape index (κ2) is 10.1. The summed E-state index contributed by atoms with van der Waals surface area (Å²) in [6.07, 6.45) is 1.11. The Bertz CT molecular complexity index is 647. The molecule has 0 saturated carbocycles. The Morgan fingerprint density at radius 3 is 2.59 bits per heavy atom. The van der Waals surface area contributed by atoms with Gasteiger partial charge in [-0.15, -0.1) is 0 Å². The maximum atomic E-state index is 12.6. The predicted molar refractivity (Wildman–Crippen MR) is 99.7 cm³/mol. The summed E-state index contributed by atoms with van der Waals surface area (Å²) in [4.78, 5) is 38.5. The van der Waals surface area contributed by atoms with Gasteiger partial charge in [0.1, 0.15) is 6.04 Å². The van der Waals surface area contributed by atoms with E-state index < -0.39 is 30.1 Å². The Hall–Kier alpha value is -2.41. The van der Waals surface area contributed by atoms with Crippen LogP contribution in [0.4, 0.5) is 0 Å². The van der Waals surface area contributed by atoms with Gasteiger partial charge in [0.05, 0.1) is 12.6 Å². The van der Waals surface area contributed by atoms with Crippen molar-refractivity contribution in [1.82, 2.24) is 4.90 Å². The van der Waals surface area contributed by atoms with Crippen molar-refractivity contribution in [3.8, 4) is 0 Å². The average molecular weight is 376 g/mol. The highest BCUT2D eigenvalue weighted by Gasteiger charge is 2.38. The molecular weight excluding hydrogens is 348 g/mol. The lowest BCUT2D eigenvalue weighted by Crippen LogP contribution is -2.48. The lowest BCUT2D eigenvalue weighted by atomic mass is 10.1. The molecule has 2 N–H and O–H groups in total. The van der Waals surface area contributed by atoms with E-state index in [0.29, 0.717) is 32.2 Å². The minimum atomic E-state index is -0.995. The standard InChI is InChI=1S/C20H28N2O5/c1-3-26-20(25)17(12-11-15-8-5-4-6-9-15)27-19(24)16-10-7-13-22(16)18(23)14(2)21/h4-6,8-9,14,16-17H,3,7,10-13,21H2,1-2H3/t14?,16-,17-/m0/s1. The van der Waals surface area contributed by atoms with Crippen molar-refractivity contribution in [2.45, 2.75) is 57.7 Å². The molecule has 0 aromatic heterocycles. The monoisotopic (exact) mass is 376 g/mol. The molecule has 1 fully saturated rings. The van der Waals surface area contributed by atoms with Crippen molar-refractivity contribution in [3.63, 3.8) is 0 Å². The van der Waals surface area contributed by atoms with Gasteiger partial charge >= 0.3 is 11.9 Å². The number of aryl methyl sites for hydroxylation is 1. The fourth-order valence-electron chi connectivity index (χ4n) is 3.16. The second-order valence-electron chi connectivity index (χ2n) is 6.68. The van der Waals surface area contributed by atoms with E-state index in [1.807, 2.05) is 30.3 Å². The van der Waals surface area contributed by atoms with Crippen LogP contribution in [0.5, 0.6) is 0 Å². The smallest absolute Gasteiger partial charge is 0.347 e. The van der Waals surface area contributed by atoms with Crippen molar-refractivity contribution < 1.29 is 23.9 Å². The van der Waals surface area contributed by atoms with E-state index in [-0.39, 0.29) is 12.5 Å². The largest absolute Gasteiger partial charge is 0.463 e. The van der Waals surface area contributed by atoms with Crippen LogP contribution in [0.2, 0.25) is 0 Å². The van der Waals surface area contributed by atoms with Gasteiger partial charge in [0, 0.05) is 6.54 Å². The van der Waals surface area contributed by atoms with Crippen LogP contribution in [-0.4, -0.2) is 54.1 Å². The summed E-state index contributed by atoms with van der Waals surface area (Å²) >= 11 is 0. The van der Waals surface area contributed by atoms with E-state index in [4.69, 9.17) is 15.2 Å². The van der Waals surface area contributed by atoms with Crippen LogP contribution in [0.1, 0.15) is 38.7 Å². The molecule has 0 radical (unpaired) electrons. The van der Waals surface area contributed by atoms with Crippen molar-refractivity contribution in [3.05, 3.63) is 35.9 Å². The number of likely N-dealkylation sites (tertiary alicyclic amines) is 1. The van der Waals surface area contributed by atoms with Crippen LogP contribution in [0.15, 0.2) is 30.3 Å². The van der Waals surface area contributed by atoms with Crippen LogP contribution >= 0.6 is 0 Å². The molecule has 1 saturated heterocycles. The van der Waals surface area contributed by atoms with Crippen LogP contribution in [0.25, 0.3) is 0 Å². The molecule has 148 valence electrons. The first-order chi connectivity index (χ1) is 12.9. The number of ether oxygens (including phenoxy) is 2. The van der Waals surface area contributed by atoms with Crippen LogP contribution in [0, 0.1) is 0 Å². The van der Waals surface area contributed by atoms with Gasteiger partial charge in [-0.05, 0) is 45.1 Å². The van der Waals surface area contributed by atoms with Gasteiger partial charge < -0.3 is 20.1 Å². The van der Waals surface area contributed by atoms with Crippen LogP contribution in [-0.2, 0) is 30.3 Å². The summed E-state index contributed by atoms with van der Waals surface area (Å²) in [5.74, 6) is -1.43. The van der Waals surface area contributed by atoms with Crippen molar-refractivity contribution in [2.24, 2.45) is 5.73 Å². The van der Waals surface area contributed by atoms with Crippen LogP contribution < -0.4 is 5.73 Å². The molecule has 7 heteroatoms. The fourth-order valence-corrected chi connectivity index (χ4v) is 3.16. The van der Waals surface area contributed by atoms with Crippen molar-refractivity contribution in [1.29, 1.82) is 0 Å². The van der Waals surface area contributed by atoms with Crippen molar-refractivity contribution in [2.75, 3.05) is 13.2 Å². The zero-order valence-corrected chi connectivity index (χ0v) is 15.9. The summed E-state index contributed by atoms with van der Waals surface area (Å²) in [7, 11) is 0. The van der Waals surface area contributed by atoms with Crippen LogP contribution in [0.3, 0.4) is 0 Å². The number of benzene rings is 1. The molecular formula is C20H28N2O5. The van der Waals surface area contributed by atoms with E-state index in [0.717, 1.165) is 5.56 Å². The number of nitrogens with zero attached hydrogens (tertiary/aromatic N) is 1. The molecule has 1 aromatic rings. The number of hydrogen-bond acceptors (Lipinski definition) is 6. The SMILES string of the molecule is CCOC(=O)[C@H](CCc1ccccc1)OC(=O)[C@@H]1CCCN1C(=O)C(C)N. The lowest BCUT2D eigenvalue weighted by molar-refractivity contribution is -0.171. The van der Waals surface area contributed by atoms with Gasteiger partial charge in [-0.1, -0.05) is 30.3 Å². The summed E-state index contributed by atoms with van der Waals surface area (Å²) < 4.78 is 10.5. The molecule has 1 aromatic carbocycles. The summed E-state index contributed by atoms with van der Waals surface area (Å²) in [5.41, 5.74) is 6.70. The molecule has 0 aliphatic carbocycles. The second-order valence-corrected chi connectivity index (χ2v) is 6.68. The van der Waals surface area contributed by atoms with Gasteiger partial charge in [0.15, 0.2) is 6.10 Å². The van der Waals surface area contributed by atoms with E-state index in [9.17, 15) is 14.4 Å². The quantitative estimate of drug-likeness (QED) is 0.689.